The number of carbonyl (C=O) groups is 1. The molecule has 0 bridgehead atoms. The fourth-order valence-corrected chi connectivity index (χ4v) is 5.92. The van der Waals surface area contributed by atoms with Crippen LogP contribution in [0.25, 0.3) is 0 Å². The third-order valence-corrected chi connectivity index (χ3v) is 8.09. The number of hydrogen-bond donors (Lipinski definition) is 7. The van der Waals surface area contributed by atoms with E-state index in [9.17, 15) is 15.0 Å². The van der Waals surface area contributed by atoms with Crippen LogP contribution >= 0.6 is 0 Å². The normalized spacial score (nSPS) is 38.1. The number of ether oxygens (including phenoxy) is 4. The summed E-state index contributed by atoms with van der Waals surface area (Å²) in [4.78, 5) is 12.4. The number of rotatable bonds is 11. The Hall–Kier alpha value is -1.35. The van der Waals surface area contributed by atoms with E-state index in [0.29, 0.717) is 38.3 Å². The predicted molar refractivity (Wildman–Crippen MR) is 144 cm³/mol. The zero-order valence-electron chi connectivity index (χ0n) is 23.1. The Morgan fingerprint density at radius 2 is 1.97 bits per heavy atom. The molecule has 224 valence electrons. The Kier molecular flexibility index (Phi) is 11.8. The molecule has 0 unspecified atom stereocenters. The van der Waals surface area contributed by atoms with Crippen molar-refractivity contribution in [3.63, 3.8) is 0 Å². The maximum Gasteiger partial charge on any atom is 0.221 e. The molecule has 2 saturated heterocycles. The van der Waals surface area contributed by atoms with Crippen molar-refractivity contribution in [1.29, 1.82) is 0 Å². The van der Waals surface area contributed by atoms with Crippen LogP contribution in [0.3, 0.4) is 0 Å². The van der Waals surface area contributed by atoms with E-state index in [2.05, 4.69) is 22.0 Å². The van der Waals surface area contributed by atoms with Gasteiger partial charge in [0.25, 0.3) is 0 Å². The fourth-order valence-electron chi connectivity index (χ4n) is 5.92. The maximum absolute atomic E-state index is 12.4. The lowest BCUT2D eigenvalue weighted by Gasteiger charge is -2.46. The van der Waals surface area contributed by atoms with Crippen LogP contribution in [0.15, 0.2) is 11.8 Å². The van der Waals surface area contributed by atoms with E-state index in [1.165, 1.54) is 12.8 Å². The highest BCUT2D eigenvalue weighted by molar-refractivity contribution is 5.76. The summed E-state index contributed by atoms with van der Waals surface area (Å²) in [5.41, 5.74) is 12.0. The van der Waals surface area contributed by atoms with Gasteiger partial charge in [-0.1, -0.05) is 6.92 Å². The van der Waals surface area contributed by atoms with Gasteiger partial charge in [0.1, 0.15) is 30.2 Å². The molecule has 12 nitrogen and oxygen atoms in total. The van der Waals surface area contributed by atoms with Crippen LogP contribution in [0.5, 0.6) is 0 Å². The molecular weight excluding hydrogens is 506 g/mol. The summed E-state index contributed by atoms with van der Waals surface area (Å²) >= 11 is 0. The quantitative estimate of drug-likeness (QED) is 0.167. The van der Waals surface area contributed by atoms with Gasteiger partial charge >= 0.3 is 0 Å². The van der Waals surface area contributed by atoms with Crippen molar-refractivity contribution in [2.75, 3.05) is 39.3 Å². The number of allylic oxidation sites excluding steroid dienone is 1. The van der Waals surface area contributed by atoms with Crippen LogP contribution in [-0.2, 0) is 23.7 Å². The Balaban J connectivity index is 1.35. The van der Waals surface area contributed by atoms with E-state index in [4.69, 9.17) is 30.4 Å². The topological polar surface area (TPSA) is 183 Å². The number of carbonyl (C=O) groups excluding carboxylic acids is 1. The molecule has 1 aliphatic carbocycles. The maximum atomic E-state index is 12.4. The molecule has 3 heterocycles. The third-order valence-electron chi connectivity index (χ3n) is 8.09. The van der Waals surface area contributed by atoms with Gasteiger partial charge in [-0.05, 0) is 69.7 Å². The van der Waals surface area contributed by atoms with Crippen LogP contribution < -0.4 is 27.4 Å². The largest absolute Gasteiger partial charge is 0.468 e. The van der Waals surface area contributed by atoms with Crippen LogP contribution in [0.2, 0.25) is 0 Å². The summed E-state index contributed by atoms with van der Waals surface area (Å²) < 4.78 is 24.2. The first-order valence-corrected chi connectivity index (χ1v) is 14.6. The number of hydrogen-bond acceptors (Lipinski definition) is 11. The molecule has 0 radical (unpaired) electrons. The zero-order chi connectivity index (χ0) is 27.8. The van der Waals surface area contributed by atoms with Crippen molar-refractivity contribution in [1.82, 2.24) is 16.0 Å². The zero-order valence-corrected chi connectivity index (χ0v) is 23.1. The smallest absolute Gasteiger partial charge is 0.221 e. The molecule has 12 heteroatoms. The molecule has 0 spiro atoms. The molecule has 39 heavy (non-hydrogen) atoms. The van der Waals surface area contributed by atoms with Gasteiger partial charge in [0.2, 0.25) is 5.91 Å². The Morgan fingerprint density at radius 3 is 2.72 bits per heavy atom. The molecular formula is C27H49N5O7. The van der Waals surface area contributed by atoms with E-state index in [1.54, 1.807) is 0 Å². The lowest BCUT2D eigenvalue weighted by molar-refractivity contribution is -0.282. The molecule has 4 rings (SSSR count). The molecule has 1 saturated carbocycles. The fraction of sp³-hybridized carbons (Fsp3) is 0.889. The van der Waals surface area contributed by atoms with Crippen molar-refractivity contribution in [2.24, 2.45) is 23.3 Å². The van der Waals surface area contributed by atoms with Crippen LogP contribution in [-0.4, -0.2) is 105 Å². The summed E-state index contributed by atoms with van der Waals surface area (Å²) in [6.45, 7) is 6.34. The number of nitrogens with two attached hydrogens (primary N) is 2. The number of nitrogens with one attached hydrogen (secondary N) is 3. The van der Waals surface area contributed by atoms with Gasteiger partial charge < -0.3 is 56.6 Å². The number of piperidine rings is 1. The summed E-state index contributed by atoms with van der Waals surface area (Å²) in [6, 6.07) is -1.16. The Labute approximate surface area is 231 Å². The van der Waals surface area contributed by atoms with Gasteiger partial charge in [-0.3, -0.25) is 4.79 Å². The SMILES string of the molecule is C[C@@H]1CO[C@H](O[C@@H]2[C@@H](O)[C@H](O[C@@H]3CCC=C(CNCC4CCNCC4)O3)[C@@H](N)C[C@H]2NC(=O)CCN)[C@H](O)C1. The monoisotopic (exact) mass is 555 g/mol. The predicted octanol–water partition coefficient (Wildman–Crippen LogP) is -0.965. The molecule has 9 atom stereocenters. The minimum absolute atomic E-state index is 0.144. The molecule has 4 aliphatic rings. The van der Waals surface area contributed by atoms with E-state index in [-0.39, 0.29) is 24.8 Å². The number of aliphatic hydroxyl groups excluding tert-OH is 2. The summed E-state index contributed by atoms with van der Waals surface area (Å²) in [5.74, 6) is 1.44. The molecule has 0 aromatic heterocycles. The first-order chi connectivity index (χ1) is 18.8. The summed E-state index contributed by atoms with van der Waals surface area (Å²) in [6.07, 6.45) is 1.66. The Morgan fingerprint density at radius 1 is 1.18 bits per heavy atom. The van der Waals surface area contributed by atoms with Crippen molar-refractivity contribution >= 4 is 5.91 Å². The minimum atomic E-state index is -1.18. The Bertz CT molecular complexity index is 798. The second kappa shape index (κ2) is 15.0. The van der Waals surface area contributed by atoms with Crippen molar-refractivity contribution in [2.45, 2.75) is 101 Å². The van der Waals surface area contributed by atoms with Gasteiger partial charge in [-0.25, -0.2) is 0 Å². The van der Waals surface area contributed by atoms with Crippen molar-refractivity contribution in [3.05, 3.63) is 11.8 Å². The highest BCUT2D eigenvalue weighted by atomic mass is 16.7. The van der Waals surface area contributed by atoms with Gasteiger partial charge in [-0.2, -0.15) is 0 Å². The highest BCUT2D eigenvalue weighted by Gasteiger charge is 2.48. The molecule has 3 aliphatic heterocycles. The molecule has 0 aromatic carbocycles. The third kappa shape index (κ3) is 8.82. The van der Waals surface area contributed by atoms with Gasteiger partial charge in [0.15, 0.2) is 12.6 Å². The molecule has 9 N–H and O–H groups in total. The van der Waals surface area contributed by atoms with Crippen LogP contribution in [0.1, 0.15) is 51.9 Å². The van der Waals surface area contributed by atoms with E-state index in [0.717, 1.165) is 31.8 Å². The summed E-state index contributed by atoms with van der Waals surface area (Å²) in [7, 11) is 0. The first-order valence-electron chi connectivity index (χ1n) is 14.6. The first kappa shape index (κ1) is 30.6. The molecule has 0 aromatic rings. The van der Waals surface area contributed by atoms with Gasteiger partial charge in [0, 0.05) is 25.4 Å². The van der Waals surface area contributed by atoms with E-state index in [1.807, 2.05) is 6.92 Å². The molecule has 1 amide bonds. The standard InChI is InChI=1S/C27H49N5O7/c1-16-11-21(33)27(36-15-16)39-26-20(32-22(34)5-8-28)12-19(29)25(24(26)35)38-23-4-2-3-18(37-23)14-31-13-17-6-9-30-10-7-17/h3,16-17,19-21,23-27,30-31,33,35H,2,4-15,28-29H2,1H3,(H,32,34)/t16-,19-,20+,21+,23+,24-,25+,26-,27+/m0/s1. The van der Waals surface area contributed by atoms with Crippen LogP contribution in [0.4, 0.5) is 0 Å². The van der Waals surface area contributed by atoms with Gasteiger partial charge in [-0.15, -0.1) is 0 Å². The molecule has 3 fully saturated rings. The minimum Gasteiger partial charge on any atom is -0.468 e. The number of amides is 1. The second-order valence-corrected chi connectivity index (χ2v) is 11.5. The van der Waals surface area contributed by atoms with E-state index >= 15 is 0 Å². The lowest BCUT2D eigenvalue weighted by Crippen LogP contribution is -2.66. The lowest BCUT2D eigenvalue weighted by atomic mass is 9.83. The summed E-state index contributed by atoms with van der Waals surface area (Å²) in [5, 5.41) is 31.8. The highest BCUT2D eigenvalue weighted by Crippen LogP contribution is 2.31. The average molecular weight is 556 g/mol. The van der Waals surface area contributed by atoms with Crippen LogP contribution in [0, 0.1) is 11.8 Å². The second-order valence-electron chi connectivity index (χ2n) is 11.5. The van der Waals surface area contributed by atoms with Crippen molar-refractivity contribution < 1.29 is 34.0 Å². The van der Waals surface area contributed by atoms with Gasteiger partial charge in [0.05, 0.1) is 19.2 Å². The van der Waals surface area contributed by atoms with Crippen molar-refractivity contribution in [3.8, 4) is 0 Å². The van der Waals surface area contributed by atoms with E-state index < -0.39 is 49.1 Å². The number of aliphatic hydroxyl groups is 2. The average Bonchev–Trinajstić information content (AvgIpc) is 2.91.